The number of carbonyl (C=O) groups is 2. The van der Waals surface area contributed by atoms with Crippen molar-refractivity contribution in [3.8, 4) is 17.2 Å². The van der Waals surface area contributed by atoms with Gasteiger partial charge in [-0.15, -0.1) is 0 Å². The molecule has 0 radical (unpaired) electrons. The van der Waals surface area contributed by atoms with Gasteiger partial charge in [-0.25, -0.2) is 4.39 Å². The van der Waals surface area contributed by atoms with Crippen molar-refractivity contribution in [2.24, 2.45) is 0 Å². The highest BCUT2D eigenvalue weighted by molar-refractivity contribution is 5.98. The number of hydrogen-bond acceptors (Lipinski definition) is 5. The van der Waals surface area contributed by atoms with Gasteiger partial charge in [-0.2, -0.15) is 0 Å². The number of halogens is 1. The molecule has 2 atom stereocenters. The lowest BCUT2D eigenvalue weighted by molar-refractivity contribution is 0.0250. The molecule has 7 nitrogen and oxygen atoms in total. The van der Waals surface area contributed by atoms with Crippen LogP contribution < -0.4 is 14.2 Å². The van der Waals surface area contributed by atoms with Crippen LogP contribution in [0.4, 0.5) is 4.39 Å². The monoisotopic (exact) mass is 430 g/mol. The molecule has 1 heterocycles. The number of carbonyl (C=O) groups excluding carboxylic acids is 2. The van der Waals surface area contributed by atoms with Crippen LogP contribution in [0.5, 0.6) is 17.2 Å². The summed E-state index contributed by atoms with van der Waals surface area (Å²) < 4.78 is 30.0. The first kappa shape index (κ1) is 22.4. The number of rotatable bonds is 5. The van der Waals surface area contributed by atoms with E-state index in [0.29, 0.717) is 35.9 Å². The number of nitrogens with zero attached hydrogens (tertiary/aromatic N) is 2. The van der Waals surface area contributed by atoms with Crippen molar-refractivity contribution in [3.05, 3.63) is 53.3 Å². The van der Waals surface area contributed by atoms with Gasteiger partial charge in [0.2, 0.25) is 0 Å². The largest absolute Gasteiger partial charge is 0.497 e. The minimum atomic E-state index is -0.634. The number of amides is 2. The van der Waals surface area contributed by atoms with Gasteiger partial charge in [-0.1, -0.05) is 0 Å². The van der Waals surface area contributed by atoms with E-state index in [2.05, 4.69) is 0 Å². The minimum Gasteiger partial charge on any atom is -0.497 e. The Morgan fingerprint density at radius 1 is 0.839 bits per heavy atom. The molecular formula is C23H27FN2O5. The molecule has 2 aromatic carbocycles. The molecule has 0 aromatic heterocycles. The molecule has 2 amide bonds. The number of benzene rings is 2. The maximum absolute atomic E-state index is 14.5. The van der Waals surface area contributed by atoms with Crippen molar-refractivity contribution in [2.45, 2.75) is 25.9 Å². The molecule has 0 aliphatic carbocycles. The van der Waals surface area contributed by atoms with Gasteiger partial charge in [0.1, 0.15) is 23.1 Å². The molecule has 1 aliphatic heterocycles. The summed E-state index contributed by atoms with van der Waals surface area (Å²) in [6.45, 7) is 4.34. The van der Waals surface area contributed by atoms with Crippen LogP contribution in [-0.2, 0) is 0 Å². The first-order valence-corrected chi connectivity index (χ1v) is 9.98. The van der Waals surface area contributed by atoms with E-state index in [1.165, 1.54) is 26.4 Å². The van der Waals surface area contributed by atoms with E-state index in [1.807, 2.05) is 13.8 Å². The molecular weight excluding hydrogens is 403 g/mol. The molecule has 8 heteroatoms. The highest BCUT2D eigenvalue weighted by Gasteiger charge is 2.36. The Morgan fingerprint density at radius 3 is 1.90 bits per heavy atom. The van der Waals surface area contributed by atoms with E-state index in [-0.39, 0.29) is 23.6 Å². The molecule has 0 bridgehead atoms. The summed E-state index contributed by atoms with van der Waals surface area (Å²) in [5, 5.41) is 0. The second kappa shape index (κ2) is 9.24. The zero-order valence-corrected chi connectivity index (χ0v) is 18.3. The molecule has 3 rings (SSSR count). The van der Waals surface area contributed by atoms with Crippen LogP contribution in [0.3, 0.4) is 0 Å². The van der Waals surface area contributed by atoms with Gasteiger partial charge in [0.15, 0.2) is 0 Å². The summed E-state index contributed by atoms with van der Waals surface area (Å²) in [5.74, 6) is 0.120. The fourth-order valence-corrected chi connectivity index (χ4v) is 3.97. The predicted octanol–water partition coefficient (Wildman–Crippen LogP) is 3.23. The summed E-state index contributed by atoms with van der Waals surface area (Å²) in [6, 6.07) is 8.60. The third-order valence-electron chi connectivity index (χ3n) is 5.49. The Morgan fingerprint density at radius 2 is 1.39 bits per heavy atom. The zero-order valence-electron chi connectivity index (χ0n) is 18.3. The van der Waals surface area contributed by atoms with E-state index in [0.717, 1.165) is 0 Å². The quantitative estimate of drug-likeness (QED) is 0.729. The van der Waals surface area contributed by atoms with Gasteiger partial charge >= 0.3 is 0 Å². The lowest BCUT2D eigenvalue weighted by Crippen LogP contribution is -2.59. The summed E-state index contributed by atoms with van der Waals surface area (Å²) in [5.41, 5.74) is 0.403. The van der Waals surface area contributed by atoms with Gasteiger partial charge in [0, 0.05) is 37.3 Å². The lowest BCUT2D eigenvalue weighted by atomic mass is 10.0. The predicted molar refractivity (Wildman–Crippen MR) is 113 cm³/mol. The van der Waals surface area contributed by atoms with Crippen molar-refractivity contribution < 1.29 is 28.2 Å². The SMILES string of the molecule is COc1ccc(C(=O)N2[C@H](C)CN(C(=O)c3ccc(OC)cc3OC)C[C@H]2C)c(F)c1. The molecule has 0 spiro atoms. The van der Waals surface area contributed by atoms with Crippen LogP contribution in [0.1, 0.15) is 34.6 Å². The van der Waals surface area contributed by atoms with E-state index < -0.39 is 11.7 Å². The van der Waals surface area contributed by atoms with Crippen LogP contribution in [0.2, 0.25) is 0 Å². The van der Waals surface area contributed by atoms with Crippen molar-refractivity contribution in [1.82, 2.24) is 9.80 Å². The average molecular weight is 430 g/mol. The van der Waals surface area contributed by atoms with Gasteiger partial charge in [0.05, 0.1) is 32.5 Å². The third-order valence-corrected chi connectivity index (χ3v) is 5.49. The number of methoxy groups -OCH3 is 3. The summed E-state index contributed by atoms with van der Waals surface area (Å²) in [4.78, 5) is 29.5. The molecule has 2 aromatic rings. The minimum absolute atomic E-state index is 0.0175. The molecule has 0 saturated carbocycles. The van der Waals surface area contributed by atoms with Gasteiger partial charge in [-0.3, -0.25) is 9.59 Å². The van der Waals surface area contributed by atoms with Crippen molar-refractivity contribution in [1.29, 1.82) is 0 Å². The first-order valence-electron chi connectivity index (χ1n) is 9.98. The summed E-state index contributed by atoms with van der Waals surface area (Å²) >= 11 is 0. The van der Waals surface area contributed by atoms with Gasteiger partial charge in [-0.05, 0) is 38.1 Å². The lowest BCUT2D eigenvalue weighted by Gasteiger charge is -2.44. The fraction of sp³-hybridized carbons (Fsp3) is 0.391. The Hall–Kier alpha value is -3.29. The van der Waals surface area contributed by atoms with Crippen LogP contribution in [0, 0.1) is 5.82 Å². The Bertz CT molecular complexity index is 968. The van der Waals surface area contributed by atoms with Crippen molar-refractivity contribution in [3.63, 3.8) is 0 Å². The fourth-order valence-electron chi connectivity index (χ4n) is 3.97. The highest BCUT2D eigenvalue weighted by Crippen LogP contribution is 2.28. The topological polar surface area (TPSA) is 68.3 Å². The second-order valence-corrected chi connectivity index (χ2v) is 7.53. The maximum atomic E-state index is 14.5. The van der Waals surface area contributed by atoms with Gasteiger partial charge < -0.3 is 24.0 Å². The number of hydrogen-bond donors (Lipinski definition) is 0. The Kier molecular flexibility index (Phi) is 6.68. The molecule has 1 fully saturated rings. The molecule has 166 valence electrons. The van der Waals surface area contributed by atoms with E-state index in [9.17, 15) is 14.0 Å². The highest BCUT2D eigenvalue weighted by atomic mass is 19.1. The standard InChI is InChI=1S/C23H27FN2O5/c1-14-12-25(22(27)19-9-7-17(30-4)11-21(19)31-5)13-15(2)26(14)23(28)18-8-6-16(29-3)10-20(18)24/h6-11,14-15H,12-13H2,1-5H3/t14-,15-/m1/s1. The number of piperazine rings is 1. The van der Waals surface area contributed by atoms with Crippen molar-refractivity contribution >= 4 is 11.8 Å². The van der Waals surface area contributed by atoms with Crippen LogP contribution in [0.25, 0.3) is 0 Å². The Balaban J connectivity index is 1.80. The summed E-state index contributed by atoms with van der Waals surface area (Å²) in [7, 11) is 4.48. The second-order valence-electron chi connectivity index (χ2n) is 7.53. The average Bonchev–Trinajstić information content (AvgIpc) is 2.77. The summed E-state index contributed by atoms with van der Waals surface area (Å²) in [6.07, 6.45) is 0. The van der Waals surface area contributed by atoms with Crippen LogP contribution in [-0.4, -0.2) is 68.1 Å². The van der Waals surface area contributed by atoms with E-state index in [1.54, 1.807) is 41.2 Å². The maximum Gasteiger partial charge on any atom is 0.257 e. The van der Waals surface area contributed by atoms with Crippen LogP contribution in [0.15, 0.2) is 36.4 Å². The molecule has 0 N–H and O–H groups in total. The zero-order chi connectivity index (χ0) is 22.7. The molecule has 31 heavy (non-hydrogen) atoms. The third kappa shape index (κ3) is 4.42. The van der Waals surface area contributed by atoms with E-state index >= 15 is 0 Å². The first-order chi connectivity index (χ1) is 14.8. The van der Waals surface area contributed by atoms with Crippen LogP contribution >= 0.6 is 0 Å². The number of ether oxygens (including phenoxy) is 3. The van der Waals surface area contributed by atoms with Gasteiger partial charge in [0.25, 0.3) is 11.8 Å². The smallest absolute Gasteiger partial charge is 0.257 e. The van der Waals surface area contributed by atoms with Crippen molar-refractivity contribution in [2.75, 3.05) is 34.4 Å². The van der Waals surface area contributed by atoms with E-state index in [4.69, 9.17) is 14.2 Å². The molecule has 1 saturated heterocycles. The molecule has 0 unspecified atom stereocenters. The molecule has 1 aliphatic rings. The Labute approximate surface area is 181 Å². The normalized spacial score (nSPS) is 18.5.